The Kier molecular flexibility index (Phi) is 6.62. The average Bonchev–Trinajstić information content (AvgIpc) is 2.62. The highest BCUT2D eigenvalue weighted by molar-refractivity contribution is 5.69. The van der Waals surface area contributed by atoms with E-state index >= 15 is 0 Å². The number of carbonyl (C=O) groups is 1. The van der Waals surface area contributed by atoms with Gasteiger partial charge in [0.2, 0.25) is 0 Å². The van der Waals surface area contributed by atoms with Crippen molar-refractivity contribution in [3.8, 4) is 5.75 Å². The standard InChI is InChI=1S/C21H24O3/c1-4-14-24-20-12-10-16(2)15-19(20)18(11-13-21(22)23-3)17-8-6-5-7-9-17/h4-10,12,15,18H,1,11,13-14H2,2-3H3. The highest BCUT2D eigenvalue weighted by Gasteiger charge is 2.20. The summed E-state index contributed by atoms with van der Waals surface area (Å²) in [5, 5.41) is 0. The lowest BCUT2D eigenvalue weighted by atomic mass is 9.86. The van der Waals surface area contributed by atoms with Gasteiger partial charge in [-0.1, -0.05) is 60.7 Å². The minimum absolute atomic E-state index is 0.0741. The van der Waals surface area contributed by atoms with Gasteiger partial charge in [0.25, 0.3) is 0 Å². The van der Waals surface area contributed by atoms with Crippen molar-refractivity contribution in [3.63, 3.8) is 0 Å². The summed E-state index contributed by atoms with van der Waals surface area (Å²) in [6.07, 6.45) is 2.77. The Morgan fingerprint density at radius 3 is 2.62 bits per heavy atom. The van der Waals surface area contributed by atoms with Crippen LogP contribution in [-0.4, -0.2) is 19.7 Å². The van der Waals surface area contributed by atoms with Crippen molar-refractivity contribution in [2.45, 2.75) is 25.7 Å². The van der Waals surface area contributed by atoms with E-state index in [1.807, 2.05) is 30.3 Å². The molecule has 0 bridgehead atoms. The van der Waals surface area contributed by atoms with E-state index < -0.39 is 0 Å². The van der Waals surface area contributed by atoms with Crippen molar-refractivity contribution in [2.75, 3.05) is 13.7 Å². The van der Waals surface area contributed by atoms with E-state index in [1.54, 1.807) is 6.08 Å². The molecule has 126 valence electrons. The molecule has 0 aromatic heterocycles. The molecule has 0 aliphatic carbocycles. The number of hydrogen-bond acceptors (Lipinski definition) is 3. The number of methoxy groups -OCH3 is 1. The Hall–Kier alpha value is -2.55. The summed E-state index contributed by atoms with van der Waals surface area (Å²) in [5.74, 6) is 0.710. The third-order valence-corrected chi connectivity index (χ3v) is 3.96. The van der Waals surface area contributed by atoms with Gasteiger partial charge in [0, 0.05) is 17.9 Å². The highest BCUT2D eigenvalue weighted by atomic mass is 16.5. The number of rotatable bonds is 8. The molecule has 24 heavy (non-hydrogen) atoms. The molecule has 2 aromatic carbocycles. The lowest BCUT2D eigenvalue weighted by Gasteiger charge is -2.21. The number of carbonyl (C=O) groups excluding carboxylic acids is 1. The van der Waals surface area contributed by atoms with Gasteiger partial charge in [-0.2, -0.15) is 0 Å². The van der Waals surface area contributed by atoms with Gasteiger partial charge in [-0.25, -0.2) is 0 Å². The van der Waals surface area contributed by atoms with Crippen molar-refractivity contribution in [2.24, 2.45) is 0 Å². The molecule has 0 saturated heterocycles. The van der Waals surface area contributed by atoms with E-state index in [0.717, 1.165) is 22.4 Å². The minimum atomic E-state index is -0.197. The molecule has 0 aliphatic heterocycles. The highest BCUT2D eigenvalue weighted by Crippen LogP contribution is 2.36. The lowest BCUT2D eigenvalue weighted by molar-refractivity contribution is -0.140. The minimum Gasteiger partial charge on any atom is -0.489 e. The number of benzene rings is 2. The molecule has 2 aromatic rings. The predicted molar refractivity (Wildman–Crippen MR) is 96.4 cm³/mol. The Morgan fingerprint density at radius 2 is 1.96 bits per heavy atom. The van der Waals surface area contributed by atoms with Gasteiger partial charge in [-0.3, -0.25) is 4.79 Å². The van der Waals surface area contributed by atoms with Gasteiger partial charge in [0.15, 0.2) is 0 Å². The topological polar surface area (TPSA) is 35.5 Å². The normalized spacial score (nSPS) is 11.6. The van der Waals surface area contributed by atoms with Crippen LogP contribution in [0.4, 0.5) is 0 Å². The van der Waals surface area contributed by atoms with E-state index in [9.17, 15) is 4.79 Å². The Balaban J connectivity index is 2.40. The first kappa shape index (κ1) is 17.8. The van der Waals surface area contributed by atoms with Crippen LogP contribution in [0.3, 0.4) is 0 Å². The lowest BCUT2D eigenvalue weighted by Crippen LogP contribution is -2.09. The quantitative estimate of drug-likeness (QED) is 0.524. The fourth-order valence-electron chi connectivity index (χ4n) is 2.77. The van der Waals surface area contributed by atoms with Gasteiger partial charge in [0.05, 0.1) is 7.11 Å². The Morgan fingerprint density at radius 1 is 1.21 bits per heavy atom. The zero-order valence-electron chi connectivity index (χ0n) is 14.3. The molecule has 0 spiro atoms. The summed E-state index contributed by atoms with van der Waals surface area (Å²) in [7, 11) is 1.42. The van der Waals surface area contributed by atoms with Crippen LogP contribution in [0.15, 0.2) is 61.2 Å². The van der Waals surface area contributed by atoms with E-state index in [0.29, 0.717) is 19.4 Å². The maximum Gasteiger partial charge on any atom is 0.305 e. The summed E-state index contributed by atoms with van der Waals surface area (Å²) in [6, 6.07) is 16.3. The van der Waals surface area contributed by atoms with Crippen molar-refractivity contribution in [1.82, 2.24) is 0 Å². The number of ether oxygens (including phenoxy) is 2. The summed E-state index contributed by atoms with van der Waals surface area (Å²) >= 11 is 0. The second-order valence-electron chi connectivity index (χ2n) is 5.72. The number of aryl methyl sites for hydroxylation is 1. The second-order valence-corrected chi connectivity index (χ2v) is 5.72. The van der Waals surface area contributed by atoms with Crippen molar-refractivity contribution in [3.05, 3.63) is 77.9 Å². The van der Waals surface area contributed by atoms with Gasteiger partial charge in [0.1, 0.15) is 12.4 Å². The average molecular weight is 324 g/mol. The molecular formula is C21H24O3. The number of hydrogen-bond donors (Lipinski definition) is 0. The Bertz CT molecular complexity index is 677. The summed E-state index contributed by atoms with van der Waals surface area (Å²) in [6.45, 7) is 6.22. The molecule has 0 radical (unpaired) electrons. The molecule has 3 nitrogen and oxygen atoms in total. The predicted octanol–water partition coefficient (Wildman–Crippen LogP) is 4.64. The molecule has 0 N–H and O–H groups in total. The molecule has 1 unspecified atom stereocenters. The summed E-state index contributed by atoms with van der Waals surface area (Å²) in [5.41, 5.74) is 3.41. The molecular weight excluding hydrogens is 300 g/mol. The largest absolute Gasteiger partial charge is 0.489 e. The second kappa shape index (κ2) is 8.92. The third-order valence-electron chi connectivity index (χ3n) is 3.96. The van der Waals surface area contributed by atoms with Crippen molar-refractivity contribution < 1.29 is 14.3 Å². The zero-order valence-corrected chi connectivity index (χ0v) is 14.3. The van der Waals surface area contributed by atoms with Crippen LogP contribution in [0.25, 0.3) is 0 Å². The maximum absolute atomic E-state index is 11.6. The molecule has 0 heterocycles. The summed E-state index contributed by atoms with van der Waals surface area (Å²) < 4.78 is 10.7. The van der Waals surface area contributed by atoms with Crippen LogP contribution in [0.2, 0.25) is 0 Å². The van der Waals surface area contributed by atoms with Gasteiger partial charge < -0.3 is 9.47 Å². The van der Waals surface area contributed by atoms with Gasteiger partial charge in [-0.05, 0) is 25.0 Å². The SMILES string of the molecule is C=CCOc1ccc(C)cc1C(CCC(=O)OC)c1ccccc1. The zero-order chi connectivity index (χ0) is 17.4. The molecule has 0 fully saturated rings. The van der Waals surface area contributed by atoms with Crippen LogP contribution in [-0.2, 0) is 9.53 Å². The van der Waals surface area contributed by atoms with E-state index in [4.69, 9.17) is 9.47 Å². The monoisotopic (exact) mass is 324 g/mol. The fourth-order valence-corrected chi connectivity index (χ4v) is 2.77. The first-order valence-corrected chi connectivity index (χ1v) is 8.11. The molecule has 1 atom stereocenters. The first-order valence-electron chi connectivity index (χ1n) is 8.11. The van der Waals surface area contributed by atoms with Crippen LogP contribution < -0.4 is 4.74 Å². The van der Waals surface area contributed by atoms with Crippen molar-refractivity contribution >= 4 is 5.97 Å². The van der Waals surface area contributed by atoms with Crippen molar-refractivity contribution in [1.29, 1.82) is 0 Å². The molecule has 0 saturated carbocycles. The fraction of sp³-hybridized carbons (Fsp3) is 0.286. The smallest absolute Gasteiger partial charge is 0.305 e. The third kappa shape index (κ3) is 4.72. The summed E-state index contributed by atoms with van der Waals surface area (Å²) in [4.78, 5) is 11.6. The molecule has 0 amide bonds. The molecule has 3 heteroatoms. The van der Waals surface area contributed by atoms with Crippen LogP contribution in [0.5, 0.6) is 5.75 Å². The van der Waals surface area contributed by atoms with Crippen LogP contribution in [0, 0.1) is 6.92 Å². The number of esters is 1. The van der Waals surface area contributed by atoms with Gasteiger partial charge in [-0.15, -0.1) is 0 Å². The molecule has 0 aliphatic rings. The maximum atomic E-state index is 11.6. The van der Waals surface area contributed by atoms with Crippen LogP contribution >= 0.6 is 0 Å². The Labute approximate surface area is 143 Å². The van der Waals surface area contributed by atoms with E-state index in [2.05, 4.69) is 31.7 Å². The van der Waals surface area contributed by atoms with Crippen LogP contribution in [0.1, 0.15) is 35.4 Å². The first-order chi connectivity index (χ1) is 11.7. The molecule has 2 rings (SSSR count). The van der Waals surface area contributed by atoms with E-state index in [-0.39, 0.29) is 11.9 Å². The van der Waals surface area contributed by atoms with Gasteiger partial charge >= 0.3 is 5.97 Å². The van der Waals surface area contributed by atoms with E-state index in [1.165, 1.54) is 7.11 Å².